The van der Waals surface area contributed by atoms with E-state index in [0.29, 0.717) is 19.7 Å². The molecule has 0 aliphatic carbocycles. The van der Waals surface area contributed by atoms with Crippen LogP contribution in [-0.4, -0.2) is 30.6 Å². The maximum atomic E-state index is 12.9. The standard InChI is InChI=1S/C23H27N3O2S/c1-3-28-20-9-5-4-7-17(20)14-25-23(27)18-8-6-12-26(15-18)22-19-13-16(2)29-21(19)10-11-24-22/h4-5,7,9-11,13,18H,3,6,8,12,14-15H2,1-2H3,(H,25,27). The summed E-state index contributed by atoms with van der Waals surface area (Å²) in [6, 6.07) is 12.2. The van der Waals surface area contributed by atoms with Gasteiger partial charge in [0.2, 0.25) is 5.91 Å². The second-order valence-electron chi connectivity index (χ2n) is 7.45. The second-order valence-corrected chi connectivity index (χ2v) is 8.74. The summed E-state index contributed by atoms with van der Waals surface area (Å²) in [6.07, 6.45) is 3.78. The molecule has 1 fully saturated rings. The highest BCUT2D eigenvalue weighted by molar-refractivity contribution is 7.19. The number of aryl methyl sites for hydroxylation is 1. The lowest BCUT2D eigenvalue weighted by atomic mass is 9.96. The first-order valence-corrected chi connectivity index (χ1v) is 11.1. The third-order valence-corrected chi connectivity index (χ3v) is 6.38. The summed E-state index contributed by atoms with van der Waals surface area (Å²) < 4.78 is 6.92. The van der Waals surface area contributed by atoms with Gasteiger partial charge in [0.25, 0.3) is 0 Å². The Morgan fingerprint density at radius 1 is 1.34 bits per heavy atom. The van der Waals surface area contributed by atoms with Gasteiger partial charge in [-0.05, 0) is 44.9 Å². The Morgan fingerprint density at radius 3 is 3.07 bits per heavy atom. The zero-order valence-corrected chi connectivity index (χ0v) is 17.8. The smallest absolute Gasteiger partial charge is 0.225 e. The molecule has 5 nitrogen and oxygen atoms in total. The van der Waals surface area contributed by atoms with E-state index < -0.39 is 0 Å². The molecule has 0 bridgehead atoms. The number of para-hydroxylation sites is 1. The highest BCUT2D eigenvalue weighted by atomic mass is 32.1. The summed E-state index contributed by atoms with van der Waals surface area (Å²) >= 11 is 1.79. The SMILES string of the molecule is CCOc1ccccc1CNC(=O)C1CCCN(c2nccc3sc(C)cc23)C1. The third-order valence-electron chi connectivity index (χ3n) is 5.36. The Bertz CT molecular complexity index is 1000. The number of thiophene rings is 1. The number of piperidine rings is 1. The van der Waals surface area contributed by atoms with Crippen LogP contribution < -0.4 is 15.0 Å². The highest BCUT2D eigenvalue weighted by Crippen LogP contribution is 2.33. The molecule has 6 heteroatoms. The van der Waals surface area contributed by atoms with Crippen LogP contribution in [0.1, 0.15) is 30.2 Å². The van der Waals surface area contributed by atoms with E-state index in [9.17, 15) is 4.79 Å². The van der Waals surface area contributed by atoms with Gasteiger partial charge in [0, 0.05) is 46.4 Å². The van der Waals surface area contributed by atoms with Crippen molar-refractivity contribution in [2.45, 2.75) is 33.2 Å². The van der Waals surface area contributed by atoms with Crippen LogP contribution in [0, 0.1) is 12.8 Å². The number of carbonyl (C=O) groups excluding carboxylic acids is 1. The number of pyridine rings is 1. The van der Waals surface area contributed by atoms with Crippen molar-refractivity contribution in [1.29, 1.82) is 0 Å². The van der Waals surface area contributed by atoms with Gasteiger partial charge in [0.05, 0.1) is 12.5 Å². The molecule has 0 saturated carbocycles. The number of benzene rings is 1. The molecule has 1 aromatic carbocycles. The van der Waals surface area contributed by atoms with Crippen LogP contribution in [0.5, 0.6) is 5.75 Å². The van der Waals surface area contributed by atoms with Crippen molar-refractivity contribution in [3.05, 3.63) is 53.0 Å². The van der Waals surface area contributed by atoms with Gasteiger partial charge in [-0.15, -0.1) is 11.3 Å². The minimum atomic E-state index is -0.0280. The minimum Gasteiger partial charge on any atom is -0.494 e. The molecule has 1 aliphatic rings. The average molecular weight is 410 g/mol. The normalized spacial score (nSPS) is 16.8. The van der Waals surface area contributed by atoms with E-state index in [0.717, 1.165) is 36.5 Å². The number of hydrogen-bond donors (Lipinski definition) is 1. The number of fused-ring (bicyclic) bond motifs is 1. The molecule has 29 heavy (non-hydrogen) atoms. The van der Waals surface area contributed by atoms with Gasteiger partial charge in [-0.2, -0.15) is 0 Å². The Morgan fingerprint density at radius 2 is 2.21 bits per heavy atom. The fourth-order valence-corrected chi connectivity index (χ4v) is 4.90. The maximum absolute atomic E-state index is 12.9. The van der Waals surface area contributed by atoms with Gasteiger partial charge in [-0.25, -0.2) is 4.98 Å². The molecule has 3 heterocycles. The van der Waals surface area contributed by atoms with E-state index in [4.69, 9.17) is 4.74 Å². The molecular formula is C23H27N3O2S. The molecule has 1 saturated heterocycles. The lowest BCUT2D eigenvalue weighted by Crippen LogP contribution is -2.43. The molecule has 0 radical (unpaired) electrons. The van der Waals surface area contributed by atoms with Crippen LogP contribution in [0.15, 0.2) is 42.6 Å². The van der Waals surface area contributed by atoms with Crippen molar-refractivity contribution in [3.63, 3.8) is 0 Å². The number of aromatic nitrogens is 1. The number of ether oxygens (including phenoxy) is 1. The molecule has 2 aromatic heterocycles. The molecule has 1 unspecified atom stereocenters. The summed E-state index contributed by atoms with van der Waals surface area (Å²) in [5.74, 6) is 1.92. The number of carbonyl (C=O) groups is 1. The quantitative estimate of drug-likeness (QED) is 0.650. The van der Waals surface area contributed by atoms with Crippen molar-refractivity contribution < 1.29 is 9.53 Å². The summed E-state index contributed by atoms with van der Waals surface area (Å²) in [7, 11) is 0. The van der Waals surface area contributed by atoms with E-state index in [2.05, 4.69) is 34.3 Å². The van der Waals surface area contributed by atoms with Crippen LogP contribution in [-0.2, 0) is 11.3 Å². The molecule has 4 rings (SSSR count). The van der Waals surface area contributed by atoms with E-state index in [1.807, 2.05) is 37.4 Å². The van der Waals surface area contributed by atoms with Crippen LogP contribution >= 0.6 is 11.3 Å². The molecule has 1 atom stereocenters. The third kappa shape index (κ3) is 4.37. The minimum absolute atomic E-state index is 0.0280. The van der Waals surface area contributed by atoms with Crippen molar-refractivity contribution in [2.24, 2.45) is 5.92 Å². The van der Waals surface area contributed by atoms with E-state index >= 15 is 0 Å². The molecule has 152 valence electrons. The van der Waals surface area contributed by atoms with Gasteiger partial charge in [-0.1, -0.05) is 18.2 Å². The van der Waals surface area contributed by atoms with E-state index in [-0.39, 0.29) is 11.8 Å². The van der Waals surface area contributed by atoms with E-state index in [1.165, 1.54) is 15.0 Å². The fraction of sp³-hybridized carbons (Fsp3) is 0.391. The number of nitrogens with zero attached hydrogens (tertiary/aromatic N) is 2. The predicted octanol–water partition coefficient (Wildman–Crippen LogP) is 4.54. The highest BCUT2D eigenvalue weighted by Gasteiger charge is 2.27. The van der Waals surface area contributed by atoms with Crippen LogP contribution in [0.3, 0.4) is 0 Å². The summed E-state index contributed by atoms with van der Waals surface area (Å²) in [5, 5.41) is 4.31. The largest absolute Gasteiger partial charge is 0.494 e. The average Bonchev–Trinajstić information content (AvgIpc) is 3.13. The number of amides is 1. The van der Waals surface area contributed by atoms with Crippen LogP contribution in [0.4, 0.5) is 5.82 Å². The van der Waals surface area contributed by atoms with E-state index in [1.54, 1.807) is 11.3 Å². The second kappa shape index (κ2) is 8.82. The fourth-order valence-electron chi connectivity index (χ4n) is 3.98. The van der Waals surface area contributed by atoms with Crippen molar-refractivity contribution in [2.75, 3.05) is 24.6 Å². The first kappa shape index (κ1) is 19.7. The van der Waals surface area contributed by atoms with Gasteiger partial charge in [-0.3, -0.25) is 4.79 Å². The van der Waals surface area contributed by atoms with Crippen molar-refractivity contribution in [1.82, 2.24) is 10.3 Å². The lowest BCUT2D eigenvalue weighted by Gasteiger charge is -2.33. The molecule has 0 spiro atoms. The monoisotopic (exact) mass is 409 g/mol. The number of rotatable bonds is 6. The topological polar surface area (TPSA) is 54.5 Å². The molecule has 1 N–H and O–H groups in total. The Kier molecular flexibility index (Phi) is 6.00. The van der Waals surface area contributed by atoms with Crippen LogP contribution in [0.2, 0.25) is 0 Å². The maximum Gasteiger partial charge on any atom is 0.225 e. The Balaban J connectivity index is 1.44. The van der Waals surface area contributed by atoms with Crippen molar-refractivity contribution >= 4 is 33.1 Å². The summed E-state index contributed by atoms with van der Waals surface area (Å²) in [5.41, 5.74) is 1.01. The zero-order chi connectivity index (χ0) is 20.2. The van der Waals surface area contributed by atoms with Crippen molar-refractivity contribution in [3.8, 4) is 5.75 Å². The summed E-state index contributed by atoms with van der Waals surface area (Å²) in [4.78, 5) is 21.1. The molecular weight excluding hydrogens is 382 g/mol. The van der Waals surface area contributed by atoms with Gasteiger partial charge >= 0.3 is 0 Å². The van der Waals surface area contributed by atoms with Gasteiger partial charge < -0.3 is 15.0 Å². The van der Waals surface area contributed by atoms with Gasteiger partial charge in [0.15, 0.2) is 0 Å². The van der Waals surface area contributed by atoms with Gasteiger partial charge in [0.1, 0.15) is 11.6 Å². The summed E-state index contributed by atoms with van der Waals surface area (Å²) in [6.45, 7) is 6.85. The lowest BCUT2D eigenvalue weighted by molar-refractivity contribution is -0.125. The number of hydrogen-bond acceptors (Lipinski definition) is 5. The Hall–Kier alpha value is -2.60. The zero-order valence-electron chi connectivity index (χ0n) is 17.0. The number of nitrogens with one attached hydrogen (secondary N) is 1. The first-order valence-electron chi connectivity index (χ1n) is 10.2. The Labute approximate surface area is 175 Å². The molecule has 3 aromatic rings. The first-order chi connectivity index (χ1) is 14.2. The number of anilines is 1. The molecule has 1 amide bonds. The molecule has 1 aliphatic heterocycles. The predicted molar refractivity (Wildman–Crippen MR) is 119 cm³/mol. The van der Waals surface area contributed by atoms with Crippen LogP contribution in [0.25, 0.3) is 10.1 Å².